The van der Waals surface area contributed by atoms with Crippen LogP contribution in [0, 0.1) is 5.82 Å². The number of para-hydroxylation sites is 1. The van der Waals surface area contributed by atoms with Gasteiger partial charge in [0.15, 0.2) is 0 Å². The third-order valence-corrected chi connectivity index (χ3v) is 1.26. The third-order valence-electron chi connectivity index (χ3n) is 1.26. The number of benzene rings is 1. The van der Waals surface area contributed by atoms with Crippen LogP contribution in [0.3, 0.4) is 0 Å². The van der Waals surface area contributed by atoms with Gasteiger partial charge in [-0.2, -0.15) is 0 Å². The number of rotatable bonds is 2. The van der Waals surface area contributed by atoms with Gasteiger partial charge in [-0.3, -0.25) is 4.99 Å². The fourth-order valence-corrected chi connectivity index (χ4v) is 0.729. The molecule has 0 atom stereocenters. The summed E-state index contributed by atoms with van der Waals surface area (Å²) in [4.78, 5) is 3.83. The molecular formula is C9H9FN2. The van der Waals surface area contributed by atoms with E-state index in [-0.39, 0.29) is 5.82 Å². The molecule has 2 nitrogen and oxygen atoms in total. The molecule has 0 aliphatic rings. The predicted octanol–water partition coefficient (Wildman–Crippen LogP) is 2.00. The van der Waals surface area contributed by atoms with E-state index in [1.807, 2.05) is 0 Å². The summed E-state index contributed by atoms with van der Waals surface area (Å²) in [5.41, 5.74) is 5.38. The Hall–Kier alpha value is -1.64. The van der Waals surface area contributed by atoms with E-state index in [1.54, 1.807) is 18.2 Å². The predicted molar refractivity (Wildman–Crippen MR) is 47.9 cm³/mol. The van der Waals surface area contributed by atoms with Gasteiger partial charge >= 0.3 is 0 Å². The Morgan fingerprint density at radius 2 is 2.08 bits per heavy atom. The quantitative estimate of drug-likeness (QED) is 0.667. The molecule has 0 aromatic heterocycles. The number of nitrogens with two attached hydrogens (primary N) is 1. The summed E-state index contributed by atoms with van der Waals surface area (Å²) < 4.78 is 12.8. The Bertz CT molecular complexity index is 305. The van der Waals surface area contributed by atoms with E-state index in [0.29, 0.717) is 5.69 Å². The summed E-state index contributed by atoms with van der Waals surface area (Å²) in [6.45, 7) is 0. The van der Waals surface area contributed by atoms with Gasteiger partial charge in [-0.05, 0) is 24.4 Å². The van der Waals surface area contributed by atoms with Gasteiger partial charge < -0.3 is 5.73 Å². The molecule has 1 aromatic carbocycles. The summed E-state index contributed by atoms with van der Waals surface area (Å²) in [6, 6.07) is 6.30. The molecule has 0 saturated carbocycles. The fourth-order valence-electron chi connectivity index (χ4n) is 0.729. The van der Waals surface area contributed by atoms with Crippen molar-refractivity contribution in [1.82, 2.24) is 0 Å². The van der Waals surface area contributed by atoms with Gasteiger partial charge in [-0.15, -0.1) is 0 Å². The lowest BCUT2D eigenvalue weighted by molar-refractivity contribution is 0.630. The van der Waals surface area contributed by atoms with Crippen LogP contribution in [0.25, 0.3) is 0 Å². The molecule has 62 valence electrons. The zero-order valence-electron chi connectivity index (χ0n) is 6.44. The molecule has 0 spiro atoms. The highest BCUT2D eigenvalue weighted by atomic mass is 19.1. The van der Waals surface area contributed by atoms with Crippen molar-refractivity contribution in [1.29, 1.82) is 0 Å². The van der Waals surface area contributed by atoms with Crippen molar-refractivity contribution in [2.75, 3.05) is 0 Å². The summed E-state index contributed by atoms with van der Waals surface area (Å²) in [5, 5.41) is 0. The van der Waals surface area contributed by atoms with Crippen LogP contribution in [0.4, 0.5) is 10.1 Å². The fraction of sp³-hybridized carbons (Fsp3) is 0. The van der Waals surface area contributed by atoms with Crippen LogP contribution >= 0.6 is 0 Å². The molecule has 0 amide bonds. The largest absolute Gasteiger partial charge is 0.405 e. The minimum Gasteiger partial charge on any atom is -0.405 e. The van der Waals surface area contributed by atoms with Crippen LogP contribution < -0.4 is 5.73 Å². The summed E-state index contributed by atoms with van der Waals surface area (Å²) in [7, 11) is 0. The van der Waals surface area contributed by atoms with E-state index < -0.39 is 0 Å². The second-order valence-corrected chi connectivity index (χ2v) is 2.11. The molecule has 0 aliphatic heterocycles. The Morgan fingerprint density at radius 3 is 2.75 bits per heavy atom. The Kier molecular flexibility index (Phi) is 3.02. The maximum Gasteiger partial charge on any atom is 0.148 e. The summed E-state index contributed by atoms with van der Waals surface area (Å²) in [5.74, 6) is -0.334. The molecule has 12 heavy (non-hydrogen) atoms. The molecule has 0 unspecified atom stereocenters. The van der Waals surface area contributed by atoms with Crippen LogP contribution in [-0.4, -0.2) is 6.21 Å². The van der Waals surface area contributed by atoms with Gasteiger partial charge in [-0.1, -0.05) is 12.1 Å². The van der Waals surface area contributed by atoms with Crippen molar-refractivity contribution in [3.63, 3.8) is 0 Å². The molecule has 1 aromatic rings. The molecular weight excluding hydrogens is 155 g/mol. The molecule has 0 saturated heterocycles. The Morgan fingerprint density at radius 1 is 1.33 bits per heavy atom. The van der Waals surface area contributed by atoms with Crippen molar-refractivity contribution in [3.05, 3.63) is 42.4 Å². The van der Waals surface area contributed by atoms with Crippen LogP contribution in [0.1, 0.15) is 0 Å². The summed E-state index contributed by atoms with van der Waals surface area (Å²) in [6.07, 6.45) is 4.31. The number of aliphatic imine (C=N–C) groups is 1. The van der Waals surface area contributed by atoms with E-state index in [0.717, 1.165) is 0 Å². The van der Waals surface area contributed by atoms with Crippen molar-refractivity contribution in [2.24, 2.45) is 10.7 Å². The van der Waals surface area contributed by atoms with Gasteiger partial charge in [0.05, 0.1) is 5.69 Å². The smallest absolute Gasteiger partial charge is 0.148 e. The second-order valence-electron chi connectivity index (χ2n) is 2.11. The standard InChI is InChI=1S/C9H9FN2/c10-8-4-1-2-5-9(8)12-7-3-6-11/h1-7H,11H2/b6-3-,12-7?. The molecule has 0 heterocycles. The molecule has 1 rings (SSSR count). The van der Waals surface area contributed by atoms with Crippen LogP contribution in [0.5, 0.6) is 0 Å². The maximum absolute atomic E-state index is 12.8. The molecule has 2 N–H and O–H groups in total. The average molecular weight is 164 g/mol. The first kappa shape index (κ1) is 8.46. The molecule has 0 fully saturated rings. The SMILES string of the molecule is N/C=C\C=Nc1ccccc1F. The van der Waals surface area contributed by atoms with E-state index >= 15 is 0 Å². The first-order valence-corrected chi connectivity index (χ1v) is 3.50. The highest BCUT2D eigenvalue weighted by molar-refractivity contribution is 5.74. The third kappa shape index (κ3) is 2.20. The van der Waals surface area contributed by atoms with Crippen molar-refractivity contribution in [3.8, 4) is 0 Å². The lowest BCUT2D eigenvalue weighted by Gasteiger charge is -1.92. The van der Waals surface area contributed by atoms with Crippen LogP contribution in [0.15, 0.2) is 41.5 Å². The monoisotopic (exact) mass is 164 g/mol. The lowest BCUT2D eigenvalue weighted by atomic mass is 10.3. The van der Waals surface area contributed by atoms with Gasteiger partial charge in [0.25, 0.3) is 0 Å². The zero-order valence-corrected chi connectivity index (χ0v) is 6.44. The first-order chi connectivity index (χ1) is 5.84. The first-order valence-electron chi connectivity index (χ1n) is 3.50. The number of hydrogen-bond acceptors (Lipinski definition) is 2. The van der Waals surface area contributed by atoms with Gasteiger partial charge in [-0.25, -0.2) is 4.39 Å². The minimum atomic E-state index is -0.334. The second kappa shape index (κ2) is 4.28. The number of nitrogens with zero attached hydrogens (tertiary/aromatic N) is 1. The maximum atomic E-state index is 12.8. The van der Waals surface area contributed by atoms with Crippen LogP contribution in [-0.2, 0) is 0 Å². The Balaban J connectivity index is 2.82. The lowest BCUT2D eigenvalue weighted by Crippen LogP contribution is -1.77. The topological polar surface area (TPSA) is 38.4 Å². The number of hydrogen-bond donors (Lipinski definition) is 1. The minimum absolute atomic E-state index is 0.315. The molecule has 0 radical (unpaired) electrons. The highest BCUT2D eigenvalue weighted by Gasteiger charge is 1.94. The van der Waals surface area contributed by atoms with Crippen molar-refractivity contribution in [2.45, 2.75) is 0 Å². The molecule has 3 heteroatoms. The van der Waals surface area contributed by atoms with Crippen LogP contribution in [0.2, 0.25) is 0 Å². The number of halogens is 1. The van der Waals surface area contributed by atoms with Gasteiger partial charge in [0, 0.05) is 6.21 Å². The Labute approximate surface area is 70.2 Å². The van der Waals surface area contributed by atoms with E-state index in [4.69, 9.17) is 5.73 Å². The zero-order chi connectivity index (χ0) is 8.81. The molecule has 0 bridgehead atoms. The normalized spacial score (nSPS) is 11.4. The van der Waals surface area contributed by atoms with Gasteiger partial charge in [0.1, 0.15) is 5.82 Å². The van der Waals surface area contributed by atoms with E-state index in [1.165, 1.54) is 24.6 Å². The average Bonchev–Trinajstić information content (AvgIpc) is 2.09. The highest BCUT2D eigenvalue weighted by Crippen LogP contribution is 2.15. The summed E-state index contributed by atoms with van der Waals surface area (Å²) >= 11 is 0. The number of allylic oxidation sites excluding steroid dienone is 1. The van der Waals surface area contributed by atoms with Gasteiger partial charge in [0.2, 0.25) is 0 Å². The van der Waals surface area contributed by atoms with Crippen molar-refractivity contribution >= 4 is 11.9 Å². The molecule has 0 aliphatic carbocycles. The van der Waals surface area contributed by atoms with Crippen molar-refractivity contribution < 1.29 is 4.39 Å². The van der Waals surface area contributed by atoms with E-state index in [9.17, 15) is 4.39 Å². The van der Waals surface area contributed by atoms with E-state index in [2.05, 4.69) is 4.99 Å².